The Kier molecular flexibility index (Phi) is 3.23. The maximum atomic E-state index is 11.5. The Morgan fingerprint density at radius 3 is 2.82 bits per heavy atom. The quantitative estimate of drug-likeness (QED) is 0.807. The molecule has 0 radical (unpaired) electrons. The molecule has 0 aliphatic heterocycles. The molecule has 2 atom stereocenters. The van der Waals surface area contributed by atoms with Crippen molar-refractivity contribution in [3.05, 3.63) is 28.8 Å². The molecule has 0 heterocycles. The van der Waals surface area contributed by atoms with Crippen molar-refractivity contribution >= 4 is 5.78 Å². The lowest BCUT2D eigenvalue weighted by Gasteiger charge is -2.19. The van der Waals surface area contributed by atoms with Gasteiger partial charge in [-0.05, 0) is 54.9 Å². The van der Waals surface area contributed by atoms with Gasteiger partial charge in [-0.15, -0.1) is 0 Å². The number of rotatable bonds is 3. The fourth-order valence-corrected chi connectivity index (χ4v) is 2.83. The minimum absolute atomic E-state index is 0.0555. The molecular formula is C15H20O2. The van der Waals surface area contributed by atoms with Crippen LogP contribution in [0.4, 0.5) is 0 Å². The number of hydrogen-bond donors (Lipinski definition) is 1. The summed E-state index contributed by atoms with van der Waals surface area (Å²) in [6, 6.07) is 3.70. The Morgan fingerprint density at radius 2 is 2.24 bits per heavy atom. The minimum Gasteiger partial charge on any atom is -0.507 e. The van der Waals surface area contributed by atoms with Gasteiger partial charge in [0.15, 0.2) is 5.78 Å². The van der Waals surface area contributed by atoms with Crippen LogP contribution in [0.3, 0.4) is 0 Å². The van der Waals surface area contributed by atoms with Crippen molar-refractivity contribution in [1.29, 1.82) is 0 Å². The van der Waals surface area contributed by atoms with E-state index in [0.717, 1.165) is 19.3 Å². The number of hydrogen-bond acceptors (Lipinski definition) is 2. The maximum Gasteiger partial charge on any atom is 0.163 e. The van der Waals surface area contributed by atoms with E-state index < -0.39 is 0 Å². The molecule has 1 aromatic rings. The first-order valence-corrected chi connectivity index (χ1v) is 6.41. The van der Waals surface area contributed by atoms with Crippen LogP contribution in [-0.4, -0.2) is 10.9 Å². The predicted octanol–water partition coefficient (Wildman–Crippen LogP) is 3.67. The molecule has 92 valence electrons. The Morgan fingerprint density at radius 1 is 1.53 bits per heavy atom. The third-order valence-corrected chi connectivity index (χ3v) is 4.09. The number of fused-ring (bicyclic) bond motifs is 1. The van der Waals surface area contributed by atoms with Crippen molar-refractivity contribution in [2.24, 2.45) is 5.92 Å². The van der Waals surface area contributed by atoms with Gasteiger partial charge < -0.3 is 5.11 Å². The van der Waals surface area contributed by atoms with Crippen molar-refractivity contribution in [3.63, 3.8) is 0 Å². The molecule has 1 N–H and O–H groups in total. The summed E-state index contributed by atoms with van der Waals surface area (Å²) in [7, 11) is 0. The first-order valence-electron chi connectivity index (χ1n) is 6.41. The smallest absolute Gasteiger partial charge is 0.163 e. The number of carbonyl (C=O) groups is 1. The molecule has 2 nitrogen and oxygen atoms in total. The van der Waals surface area contributed by atoms with Gasteiger partial charge in [-0.2, -0.15) is 0 Å². The summed E-state index contributed by atoms with van der Waals surface area (Å²) in [5.41, 5.74) is 2.97. The topological polar surface area (TPSA) is 37.3 Å². The Hall–Kier alpha value is -1.31. The third kappa shape index (κ3) is 2.08. The molecule has 0 spiro atoms. The van der Waals surface area contributed by atoms with Gasteiger partial charge in [-0.25, -0.2) is 0 Å². The van der Waals surface area contributed by atoms with E-state index >= 15 is 0 Å². The zero-order valence-electron chi connectivity index (χ0n) is 10.8. The highest BCUT2D eigenvalue weighted by Gasteiger charge is 2.28. The van der Waals surface area contributed by atoms with E-state index in [4.69, 9.17) is 0 Å². The van der Waals surface area contributed by atoms with Crippen LogP contribution >= 0.6 is 0 Å². The first kappa shape index (κ1) is 12.2. The highest BCUT2D eigenvalue weighted by atomic mass is 16.3. The number of benzene rings is 1. The summed E-state index contributed by atoms with van der Waals surface area (Å²) in [6.45, 7) is 5.98. The standard InChI is InChI=1S/C15H20O2/c1-4-9(2)12-6-5-11-7-15(17)13(10(3)16)8-14(11)12/h7-9,12,17H,4-6H2,1-3H3. The molecule has 0 bridgehead atoms. The van der Waals surface area contributed by atoms with Gasteiger partial charge in [0.05, 0.1) is 5.56 Å². The van der Waals surface area contributed by atoms with Crippen molar-refractivity contribution in [1.82, 2.24) is 0 Å². The lowest BCUT2D eigenvalue weighted by molar-refractivity contribution is 0.101. The third-order valence-electron chi connectivity index (χ3n) is 4.09. The Labute approximate surface area is 103 Å². The number of Topliss-reactive ketones (excluding diaryl/α,β-unsaturated/α-hetero) is 1. The van der Waals surface area contributed by atoms with E-state index in [1.807, 2.05) is 6.07 Å². The molecule has 1 aliphatic carbocycles. The van der Waals surface area contributed by atoms with Gasteiger partial charge in [-0.1, -0.05) is 20.3 Å². The molecule has 2 rings (SSSR count). The van der Waals surface area contributed by atoms with E-state index in [-0.39, 0.29) is 11.5 Å². The number of carbonyl (C=O) groups excluding carboxylic acids is 1. The molecule has 2 heteroatoms. The minimum atomic E-state index is -0.0555. The van der Waals surface area contributed by atoms with Crippen LogP contribution in [0.2, 0.25) is 0 Å². The van der Waals surface area contributed by atoms with Crippen molar-refractivity contribution in [2.75, 3.05) is 0 Å². The Balaban J connectivity index is 2.45. The second-order valence-electron chi connectivity index (χ2n) is 5.16. The van der Waals surface area contributed by atoms with Crippen LogP contribution < -0.4 is 0 Å². The van der Waals surface area contributed by atoms with Crippen molar-refractivity contribution in [3.8, 4) is 5.75 Å². The van der Waals surface area contributed by atoms with Gasteiger partial charge in [0.1, 0.15) is 5.75 Å². The van der Waals surface area contributed by atoms with Gasteiger partial charge in [0.25, 0.3) is 0 Å². The van der Waals surface area contributed by atoms with E-state index in [1.54, 1.807) is 6.07 Å². The van der Waals surface area contributed by atoms with E-state index in [2.05, 4.69) is 13.8 Å². The second-order valence-corrected chi connectivity index (χ2v) is 5.16. The largest absolute Gasteiger partial charge is 0.507 e. The average molecular weight is 232 g/mol. The number of phenolic OH excluding ortho intramolecular Hbond substituents is 1. The summed E-state index contributed by atoms with van der Waals surface area (Å²) >= 11 is 0. The van der Waals surface area contributed by atoms with E-state index in [9.17, 15) is 9.90 Å². The molecule has 0 fully saturated rings. The first-order chi connectivity index (χ1) is 8.04. The van der Waals surface area contributed by atoms with E-state index in [1.165, 1.54) is 18.1 Å². The van der Waals surface area contributed by atoms with Crippen LogP contribution in [0.25, 0.3) is 0 Å². The molecule has 1 aliphatic rings. The summed E-state index contributed by atoms with van der Waals surface area (Å²) in [5.74, 6) is 1.27. The number of ketones is 1. The van der Waals surface area contributed by atoms with Gasteiger partial charge in [-0.3, -0.25) is 4.79 Å². The summed E-state index contributed by atoms with van der Waals surface area (Å²) in [4.78, 5) is 11.5. The summed E-state index contributed by atoms with van der Waals surface area (Å²) in [5, 5.41) is 9.81. The Bertz CT molecular complexity index is 448. The molecule has 0 saturated carbocycles. The van der Waals surface area contributed by atoms with Crippen molar-refractivity contribution in [2.45, 2.75) is 46.0 Å². The van der Waals surface area contributed by atoms with Crippen LogP contribution in [0, 0.1) is 5.92 Å². The average Bonchev–Trinajstić information content (AvgIpc) is 2.69. The molecule has 0 amide bonds. The predicted molar refractivity (Wildman–Crippen MR) is 68.6 cm³/mol. The van der Waals surface area contributed by atoms with Crippen LogP contribution in [0.15, 0.2) is 12.1 Å². The van der Waals surface area contributed by atoms with Gasteiger partial charge in [0.2, 0.25) is 0 Å². The maximum absolute atomic E-state index is 11.5. The van der Waals surface area contributed by atoms with Gasteiger partial charge >= 0.3 is 0 Å². The molecular weight excluding hydrogens is 212 g/mol. The second kappa shape index (κ2) is 4.52. The number of aromatic hydroxyl groups is 1. The molecule has 2 unspecified atom stereocenters. The molecule has 0 aromatic heterocycles. The zero-order valence-corrected chi connectivity index (χ0v) is 10.8. The SMILES string of the molecule is CCC(C)C1CCc2cc(O)c(C(C)=O)cc21. The lowest BCUT2D eigenvalue weighted by atomic mass is 9.86. The van der Waals surface area contributed by atoms with Crippen LogP contribution in [-0.2, 0) is 6.42 Å². The highest BCUT2D eigenvalue weighted by Crippen LogP contribution is 2.41. The normalized spacial score (nSPS) is 20.1. The van der Waals surface area contributed by atoms with E-state index in [0.29, 0.717) is 17.4 Å². The summed E-state index contributed by atoms with van der Waals surface area (Å²) < 4.78 is 0. The molecule has 1 aromatic carbocycles. The van der Waals surface area contributed by atoms with Crippen molar-refractivity contribution < 1.29 is 9.90 Å². The molecule has 0 saturated heterocycles. The van der Waals surface area contributed by atoms with Crippen LogP contribution in [0.5, 0.6) is 5.75 Å². The summed E-state index contributed by atoms with van der Waals surface area (Å²) in [6.07, 6.45) is 3.32. The highest BCUT2D eigenvalue weighted by molar-refractivity contribution is 5.97. The fraction of sp³-hybridized carbons (Fsp3) is 0.533. The van der Waals surface area contributed by atoms with Crippen LogP contribution in [0.1, 0.15) is 61.0 Å². The number of phenols is 1. The zero-order chi connectivity index (χ0) is 12.6. The fourth-order valence-electron chi connectivity index (χ4n) is 2.83. The number of aryl methyl sites for hydroxylation is 1. The molecule has 17 heavy (non-hydrogen) atoms. The lowest BCUT2D eigenvalue weighted by Crippen LogP contribution is -2.06. The monoisotopic (exact) mass is 232 g/mol. The van der Waals surface area contributed by atoms with Gasteiger partial charge in [0, 0.05) is 0 Å².